The zero-order chi connectivity index (χ0) is 26.9. The van der Waals surface area contributed by atoms with Crippen LogP contribution in [0.25, 0.3) is 11.1 Å². The first-order valence-electron chi connectivity index (χ1n) is 12.7. The van der Waals surface area contributed by atoms with Gasteiger partial charge in [0.05, 0.1) is 22.7 Å². The van der Waals surface area contributed by atoms with Crippen molar-refractivity contribution in [1.29, 1.82) is 0 Å². The molecule has 8 nitrogen and oxygen atoms in total. The Kier molecular flexibility index (Phi) is 7.65. The molecule has 2 aliphatic rings. The molecule has 2 fully saturated rings. The van der Waals surface area contributed by atoms with Crippen LogP contribution in [-0.4, -0.2) is 51.9 Å². The molecule has 5 rings (SSSR count). The van der Waals surface area contributed by atoms with E-state index in [1.54, 1.807) is 24.3 Å². The molecule has 1 aliphatic heterocycles. The number of aromatic nitrogens is 1. The van der Waals surface area contributed by atoms with Crippen molar-refractivity contribution < 1.29 is 32.6 Å². The van der Waals surface area contributed by atoms with Crippen LogP contribution >= 0.6 is 11.6 Å². The molecule has 2 unspecified atom stereocenters. The number of alkyl halides is 1. The van der Waals surface area contributed by atoms with E-state index in [4.69, 9.17) is 20.8 Å². The number of carboxylic acid groups (broad SMARTS) is 1. The lowest BCUT2D eigenvalue weighted by Gasteiger charge is -2.39. The Hall–Kier alpha value is -3.08. The summed E-state index contributed by atoms with van der Waals surface area (Å²) in [6.45, 7) is 0.574. The van der Waals surface area contributed by atoms with Gasteiger partial charge in [0.2, 0.25) is 5.78 Å². The van der Waals surface area contributed by atoms with Gasteiger partial charge in [0, 0.05) is 18.7 Å². The van der Waals surface area contributed by atoms with E-state index in [1.807, 2.05) is 0 Å². The molecule has 1 saturated heterocycles. The van der Waals surface area contributed by atoms with Crippen LogP contribution < -0.4 is 5.32 Å². The molecule has 2 heterocycles. The molecule has 2 N–H and O–H groups in total. The van der Waals surface area contributed by atoms with E-state index in [1.165, 1.54) is 17.0 Å². The maximum absolute atomic E-state index is 17.1. The van der Waals surface area contributed by atoms with Crippen LogP contribution in [0, 0.1) is 11.7 Å². The highest BCUT2D eigenvalue weighted by Gasteiger charge is 2.52. The van der Waals surface area contributed by atoms with Gasteiger partial charge in [-0.05, 0) is 56.7 Å². The van der Waals surface area contributed by atoms with Crippen LogP contribution in [0.4, 0.5) is 14.5 Å². The highest BCUT2D eigenvalue weighted by atomic mass is 35.5. The second-order valence-corrected chi connectivity index (χ2v) is 10.2. The molecule has 0 bridgehead atoms. The van der Waals surface area contributed by atoms with Crippen molar-refractivity contribution in [1.82, 2.24) is 9.88 Å². The number of rotatable bonds is 9. The van der Waals surface area contributed by atoms with E-state index in [2.05, 4.69) is 10.3 Å². The largest absolute Gasteiger partial charge is 0.481 e. The number of para-hydroxylation sites is 1. The van der Waals surface area contributed by atoms with Gasteiger partial charge in [-0.25, -0.2) is 14.3 Å². The fourth-order valence-electron chi connectivity index (χ4n) is 5.27. The molecule has 1 aliphatic carbocycles. The van der Waals surface area contributed by atoms with E-state index in [-0.39, 0.29) is 34.8 Å². The van der Waals surface area contributed by atoms with Gasteiger partial charge >= 0.3 is 11.9 Å². The van der Waals surface area contributed by atoms with Gasteiger partial charge < -0.3 is 19.6 Å². The minimum Gasteiger partial charge on any atom is -0.481 e. The Morgan fingerprint density at radius 3 is 2.55 bits per heavy atom. The van der Waals surface area contributed by atoms with E-state index in [0.717, 1.165) is 6.39 Å². The number of carboxylic acids is 1. The van der Waals surface area contributed by atoms with Crippen LogP contribution in [0.1, 0.15) is 50.1 Å². The molecular weight excluding hydrogens is 520 g/mol. The molecule has 1 saturated carbocycles. The fraction of sp³-hybridized carbons (Fsp3) is 0.444. The summed E-state index contributed by atoms with van der Waals surface area (Å²) in [5, 5.41) is 12.5. The topological polar surface area (TPSA) is 105 Å². The standard InChI is InChI=1S/C27H28ClF2N3O5/c28-19-5-1-2-6-20(19)32-23(18-11-12-21-24(22(18)29)37-15-31-21)25(34)27(30,33-13-3-4-14-33)38-17-9-7-16(8-10-17)26(35)36/h1-2,5-6,11-12,15-17,23,32H,3-4,7-10,13-14H2,(H,35,36). The molecule has 0 radical (unpaired) electrons. The highest BCUT2D eigenvalue weighted by Crippen LogP contribution is 2.39. The normalized spacial score (nSPS) is 22.7. The number of oxazole rings is 1. The molecule has 202 valence electrons. The summed E-state index contributed by atoms with van der Waals surface area (Å²) in [6, 6.07) is 7.94. The number of fused-ring (bicyclic) bond motifs is 1. The van der Waals surface area contributed by atoms with Crippen molar-refractivity contribution in [2.24, 2.45) is 5.92 Å². The first kappa shape index (κ1) is 26.5. The second kappa shape index (κ2) is 11.0. The summed E-state index contributed by atoms with van der Waals surface area (Å²) in [4.78, 5) is 30.8. The number of benzene rings is 2. The van der Waals surface area contributed by atoms with Crippen LogP contribution in [-0.2, 0) is 14.3 Å². The van der Waals surface area contributed by atoms with Gasteiger partial charge in [-0.2, -0.15) is 4.39 Å². The molecule has 38 heavy (non-hydrogen) atoms. The number of hydrogen-bond donors (Lipinski definition) is 2. The molecule has 2 aromatic carbocycles. The molecule has 1 aromatic heterocycles. The van der Waals surface area contributed by atoms with Gasteiger partial charge in [-0.1, -0.05) is 29.8 Å². The Morgan fingerprint density at radius 1 is 1.16 bits per heavy atom. The maximum Gasteiger partial charge on any atom is 0.332 e. The monoisotopic (exact) mass is 547 g/mol. The van der Waals surface area contributed by atoms with Crippen molar-refractivity contribution >= 4 is 40.1 Å². The Labute approximate surface area is 222 Å². The average Bonchev–Trinajstić information content (AvgIpc) is 3.62. The predicted octanol–water partition coefficient (Wildman–Crippen LogP) is 5.72. The SMILES string of the molecule is O=C(O)C1CCC(OC(F)(C(=O)C(Nc2ccccc2Cl)c2ccc3ncoc3c2F)N2CCCC2)CC1. The number of anilines is 1. The number of halogens is 3. The molecule has 3 aromatic rings. The summed E-state index contributed by atoms with van der Waals surface area (Å²) in [5.41, 5.74) is 0.279. The number of Topliss-reactive ketones (excluding diaryl/α,β-unsaturated/α-hetero) is 1. The number of aliphatic carboxylic acids is 1. The van der Waals surface area contributed by atoms with Crippen LogP contribution in [0.5, 0.6) is 0 Å². The Balaban J connectivity index is 1.52. The third kappa shape index (κ3) is 5.12. The van der Waals surface area contributed by atoms with Crippen LogP contribution in [0.15, 0.2) is 47.2 Å². The second-order valence-electron chi connectivity index (χ2n) is 9.78. The Bertz CT molecular complexity index is 1320. The lowest BCUT2D eigenvalue weighted by atomic mass is 9.87. The molecule has 0 spiro atoms. The molecule has 11 heteroatoms. The van der Waals surface area contributed by atoms with Crippen molar-refractivity contribution in [3.8, 4) is 0 Å². The summed E-state index contributed by atoms with van der Waals surface area (Å²) in [5.74, 6) is -6.17. The van der Waals surface area contributed by atoms with Gasteiger partial charge in [0.1, 0.15) is 11.6 Å². The minimum atomic E-state index is -2.88. The van der Waals surface area contributed by atoms with E-state index in [0.29, 0.717) is 44.2 Å². The van der Waals surface area contributed by atoms with Crippen LogP contribution in [0.3, 0.4) is 0 Å². The summed E-state index contributed by atoms with van der Waals surface area (Å²) >= 11 is 6.33. The molecular formula is C27H28ClF2N3O5. The zero-order valence-electron chi connectivity index (χ0n) is 20.5. The number of nitrogens with zero attached hydrogens (tertiary/aromatic N) is 2. The fourth-order valence-corrected chi connectivity index (χ4v) is 5.46. The van der Waals surface area contributed by atoms with Gasteiger partial charge in [-0.15, -0.1) is 0 Å². The maximum atomic E-state index is 17.1. The highest BCUT2D eigenvalue weighted by molar-refractivity contribution is 6.33. The van der Waals surface area contributed by atoms with E-state index < -0.39 is 41.6 Å². The third-order valence-corrected chi connectivity index (χ3v) is 7.71. The van der Waals surface area contributed by atoms with Gasteiger partial charge in [0.25, 0.3) is 0 Å². The van der Waals surface area contributed by atoms with Crippen molar-refractivity contribution in [3.05, 3.63) is 59.2 Å². The lowest BCUT2D eigenvalue weighted by Crippen LogP contribution is -2.56. The average molecular weight is 548 g/mol. The van der Waals surface area contributed by atoms with Crippen molar-refractivity contribution in [2.75, 3.05) is 18.4 Å². The summed E-state index contributed by atoms with van der Waals surface area (Å²) in [6.07, 6.45) is 3.02. The zero-order valence-corrected chi connectivity index (χ0v) is 21.3. The Morgan fingerprint density at radius 2 is 1.87 bits per heavy atom. The van der Waals surface area contributed by atoms with Gasteiger partial charge in [0.15, 0.2) is 17.8 Å². The van der Waals surface area contributed by atoms with Gasteiger partial charge in [-0.3, -0.25) is 9.59 Å². The van der Waals surface area contributed by atoms with Crippen molar-refractivity contribution in [2.45, 2.75) is 56.6 Å². The number of hydrogen-bond acceptors (Lipinski definition) is 7. The first-order chi connectivity index (χ1) is 18.3. The van der Waals surface area contributed by atoms with Crippen LogP contribution in [0.2, 0.25) is 5.02 Å². The number of nitrogens with one attached hydrogen (secondary N) is 1. The number of ether oxygens (including phenoxy) is 1. The summed E-state index contributed by atoms with van der Waals surface area (Å²) in [7, 11) is 0. The molecule has 2 atom stereocenters. The lowest BCUT2D eigenvalue weighted by molar-refractivity contribution is -0.253. The number of likely N-dealkylation sites (tertiary alicyclic amines) is 1. The summed E-state index contributed by atoms with van der Waals surface area (Å²) < 4.78 is 43.8. The first-order valence-corrected chi connectivity index (χ1v) is 13.1. The van der Waals surface area contributed by atoms with E-state index in [9.17, 15) is 14.7 Å². The minimum absolute atomic E-state index is 0.140. The number of ketones is 1. The third-order valence-electron chi connectivity index (χ3n) is 7.38. The number of carbonyl (C=O) groups is 2. The van der Waals surface area contributed by atoms with E-state index >= 15 is 8.78 Å². The van der Waals surface area contributed by atoms with Crippen molar-refractivity contribution in [3.63, 3.8) is 0 Å². The predicted molar refractivity (Wildman–Crippen MR) is 136 cm³/mol. The smallest absolute Gasteiger partial charge is 0.332 e. The molecule has 0 amide bonds. The number of carbonyl (C=O) groups excluding carboxylic acids is 1. The quantitative estimate of drug-likeness (QED) is 0.328.